The summed E-state index contributed by atoms with van der Waals surface area (Å²) in [7, 11) is 0. The van der Waals surface area contributed by atoms with Crippen LogP contribution in [0.15, 0.2) is 24.3 Å². The van der Waals surface area contributed by atoms with E-state index in [1.807, 2.05) is 19.9 Å². The maximum atomic E-state index is 10.9. The van der Waals surface area contributed by atoms with Crippen molar-refractivity contribution in [3.8, 4) is 0 Å². The van der Waals surface area contributed by atoms with Crippen molar-refractivity contribution in [2.75, 3.05) is 0 Å². The minimum Gasteiger partial charge on any atom is -0.478 e. The Morgan fingerprint density at radius 3 is 2.65 bits per heavy atom. The van der Waals surface area contributed by atoms with Gasteiger partial charge in [-0.15, -0.1) is 0 Å². The summed E-state index contributed by atoms with van der Waals surface area (Å²) in [5.74, 6) is -0.864. The summed E-state index contributed by atoms with van der Waals surface area (Å²) < 4.78 is 0. The van der Waals surface area contributed by atoms with Crippen LogP contribution >= 0.6 is 0 Å². The lowest BCUT2D eigenvalue weighted by molar-refractivity contribution is -0.131. The molecule has 1 rings (SSSR count). The van der Waals surface area contributed by atoms with Gasteiger partial charge in [-0.2, -0.15) is 0 Å². The molecule has 0 spiro atoms. The number of hydrogen-bond donors (Lipinski definition) is 1. The molecule has 0 bridgehead atoms. The number of unbranched alkanes of at least 4 members (excludes halogenated alkanes) is 1. The van der Waals surface area contributed by atoms with E-state index in [0.29, 0.717) is 0 Å². The lowest BCUT2D eigenvalue weighted by Gasteiger charge is -2.11. The van der Waals surface area contributed by atoms with Gasteiger partial charge >= 0.3 is 5.97 Å². The summed E-state index contributed by atoms with van der Waals surface area (Å²) in [6.45, 7) is 6.17. The van der Waals surface area contributed by atoms with E-state index in [1.165, 1.54) is 11.6 Å². The van der Waals surface area contributed by atoms with E-state index in [4.69, 9.17) is 5.11 Å². The first kappa shape index (κ1) is 13.5. The third-order valence-corrected chi connectivity index (χ3v) is 2.84. The average Bonchev–Trinajstić information content (AvgIpc) is 2.27. The lowest BCUT2D eigenvalue weighted by atomic mass is 9.94. The van der Waals surface area contributed by atoms with Crippen molar-refractivity contribution in [3.63, 3.8) is 0 Å². The van der Waals surface area contributed by atoms with Crippen LogP contribution in [0, 0.1) is 13.8 Å². The normalized spacial score (nSPS) is 11.6. The summed E-state index contributed by atoms with van der Waals surface area (Å²) in [6, 6.07) is 6.17. The van der Waals surface area contributed by atoms with Gasteiger partial charge in [0, 0.05) is 6.08 Å². The fraction of sp³-hybridized carbons (Fsp3) is 0.400. The van der Waals surface area contributed by atoms with Crippen LogP contribution in [0.5, 0.6) is 0 Å². The minimum atomic E-state index is -0.864. The number of rotatable bonds is 5. The van der Waals surface area contributed by atoms with E-state index in [2.05, 4.69) is 19.1 Å². The Morgan fingerprint density at radius 2 is 2.06 bits per heavy atom. The molecule has 0 saturated carbocycles. The number of carbonyl (C=O) groups is 1. The number of carboxylic acid groups (broad SMARTS) is 1. The smallest absolute Gasteiger partial charge is 0.328 e. The van der Waals surface area contributed by atoms with Gasteiger partial charge < -0.3 is 5.11 Å². The topological polar surface area (TPSA) is 37.3 Å². The monoisotopic (exact) mass is 232 g/mol. The van der Waals surface area contributed by atoms with Gasteiger partial charge in [-0.05, 0) is 43.4 Å². The second kappa shape index (κ2) is 6.24. The van der Waals surface area contributed by atoms with Gasteiger partial charge in [0.25, 0.3) is 0 Å². The molecular weight excluding hydrogens is 212 g/mol. The molecule has 1 aromatic rings. The number of allylic oxidation sites excluding steroid dienone is 1. The first-order valence-corrected chi connectivity index (χ1v) is 6.05. The second-order valence-electron chi connectivity index (χ2n) is 4.43. The van der Waals surface area contributed by atoms with Crippen LogP contribution < -0.4 is 0 Å². The molecule has 92 valence electrons. The van der Waals surface area contributed by atoms with Crippen LogP contribution in [0.2, 0.25) is 0 Å². The molecule has 0 atom stereocenters. The van der Waals surface area contributed by atoms with E-state index in [1.54, 1.807) is 0 Å². The molecule has 0 fully saturated rings. The predicted molar refractivity (Wildman–Crippen MR) is 71.1 cm³/mol. The molecule has 0 aliphatic rings. The highest BCUT2D eigenvalue weighted by atomic mass is 16.4. The highest BCUT2D eigenvalue weighted by Gasteiger charge is 2.07. The molecule has 2 heteroatoms. The van der Waals surface area contributed by atoms with Gasteiger partial charge in [-0.1, -0.05) is 37.1 Å². The average molecular weight is 232 g/mol. The molecular formula is C15H20O2. The Hall–Kier alpha value is -1.57. The van der Waals surface area contributed by atoms with Gasteiger partial charge in [0.15, 0.2) is 0 Å². The van der Waals surface area contributed by atoms with Crippen molar-refractivity contribution in [1.82, 2.24) is 0 Å². The maximum Gasteiger partial charge on any atom is 0.328 e. The standard InChI is InChI=1S/C15H20O2/c1-4-5-6-13(10-15(16)17)14-9-11(2)7-8-12(14)3/h7-10H,4-6H2,1-3H3,(H,16,17)/b13-10+. The third-order valence-electron chi connectivity index (χ3n) is 2.84. The molecule has 0 aliphatic heterocycles. The Labute approximate surface area is 103 Å². The fourth-order valence-electron chi connectivity index (χ4n) is 1.88. The van der Waals surface area contributed by atoms with Gasteiger partial charge in [-0.25, -0.2) is 4.79 Å². The van der Waals surface area contributed by atoms with Crippen molar-refractivity contribution >= 4 is 11.5 Å². The minimum absolute atomic E-state index is 0.826. The molecule has 0 aliphatic carbocycles. The molecule has 1 aromatic carbocycles. The predicted octanol–water partition coefficient (Wildman–Crippen LogP) is 3.96. The number of aryl methyl sites for hydroxylation is 2. The molecule has 0 radical (unpaired) electrons. The molecule has 17 heavy (non-hydrogen) atoms. The largest absolute Gasteiger partial charge is 0.478 e. The van der Waals surface area contributed by atoms with Crippen LogP contribution in [0.3, 0.4) is 0 Å². The van der Waals surface area contributed by atoms with Crippen LogP contribution in [-0.2, 0) is 4.79 Å². The van der Waals surface area contributed by atoms with Crippen LogP contribution in [0.4, 0.5) is 0 Å². The van der Waals surface area contributed by atoms with E-state index in [0.717, 1.165) is 36.0 Å². The summed E-state index contributed by atoms with van der Waals surface area (Å²) in [5.41, 5.74) is 4.30. The van der Waals surface area contributed by atoms with Gasteiger partial charge in [0.1, 0.15) is 0 Å². The van der Waals surface area contributed by atoms with E-state index < -0.39 is 5.97 Å². The van der Waals surface area contributed by atoms with E-state index in [9.17, 15) is 4.79 Å². The molecule has 0 heterocycles. The van der Waals surface area contributed by atoms with Crippen molar-refractivity contribution in [2.24, 2.45) is 0 Å². The van der Waals surface area contributed by atoms with E-state index >= 15 is 0 Å². The van der Waals surface area contributed by atoms with Crippen LogP contribution in [0.1, 0.15) is 42.9 Å². The Morgan fingerprint density at radius 1 is 1.35 bits per heavy atom. The number of hydrogen-bond acceptors (Lipinski definition) is 1. The van der Waals surface area contributed by atoms with E-state index in [-0.39, 0.29) is 0 Å². The van der Waals surface area contributed by atoms with Gasteiger partial charge in [-0.3, -0.25) is 0 Å². The van der Waals surface area contributed by atoms with Crippen molar-refractivity contribution < 1.29 is 9.90 Å². The SMILES string of the molecule is CCCC/C(=C\C(=O)O)c1cc(C)ccc1C. The van der Waals surface area contributed by atoms with Crippen molar-refractivity contribution in [3.05, 3.63) is 41.0 Å². The highest BCUT2D eigenvalue weighted by molar-refractivity contribution is 5.90. The fourth-order valence-corrected chi connectivity index (χ4v) is 1.88. The van der Waals surface area contributed by atoms with Crippen LogP contribution in [-0.4, -0.2) is 11.1 Å². The molecule has 0 unspecified atom stereocenters. The third kappa shape index (κ3) is 4.06. The maximum absolute atomic E-state index is 10.9. The number of carboxylic acids is 1. The van der Waals surface area contributed by atoms with Gasteiger partial charge in [0.05, 0.1) is 0 Å². The molecule has 2 nitrogen and oxygen atoms in total. The highest BCUT2D eigenvalue weighted by Crippen LogP contribution is 2.25. The zero-order chi connectivity index (χ0) is 12.8. The first-order valence-electron chi connectivity index (χ1n) is 6.05. The zero-order valence-electron chi connectivity index (χ0n) is 10.8. The van der Waals surface area contributed by atoms with Crippen molar-refractivity contribution in [1.29, 1.82) is 0 Å². The molecule has 0 aromatic heterocycles. The number of aliphatic carboxylic acids is 1. The summed E-state index contributed by atoms with van der Waals surface area (Å²) in [6.07, 6.45) is 4.26. The van der Waals surface area contributed by atoms with Gasteiger partial charge in [0.2, 0.25) is 0 Å². The summed E-state index contributed by atoms with van der Waals surface area (Å²) >= 11 is 0. The van der Waals surface area contributed by atoms with Crippen LogP contribution in [0.25, 0.3) is 5.57 Å². The summed E-state index contributed by atoms with van der Waals surface area (Å²) in [4.78, 5) is 10.9. The number of benzene rings is 1. The zero-order valence-corrected chi connectivity index (χ0v) is 10.8. The van der Waals surface area contributed by atoms with Crippen molar-refractivity contribution in [2.45, 2.75) is 40.0 Å². The Balaban J connectivity index is 3.12. The molecule has 0 amide bonds. The lowest BCUT2D eigenvalue weighted by Crippen LogP contribution is -1.96. The quantitative estimate of drug-likeness (QED) is 0.780. The molecule has 0 saturated heterocycles. The second-order valence-corrected chi connectivity index (χ2v) is 4.43. The summed E-state index contributed by atoms with van der Waals surface area (Å²) in [5, 5.41) is 8.93. The Bertz CT molecular complexity index is 431. The first-order chi connectivity index (χ1) is 8.04. The molecule has 1 N–H and O–H groups in total. The Kier molecular flexibility index (Phi) is 4.95.